The van der Waals surface area contributed by atoms with Gasteiger partial charge in [-0.2, -0.15) is 4.31 Å². The van der Waals surface area contributed by atoms with Crippen molar-refractivity contribution in [3.63, 3.8) is 0 Å². The molecule has 0 saturated carbocycles. The maximum Gasteiger partial charge on any atom is 0.244 e. The van der Waals surface area contributed by atoms with Gasteiger partial charge in [0.15, 0.2) is 0 Å². The molecule has 1 heterocycles. The summed E-state index contributed by atoms with van der Waals surface area (Å²) in [5.41, 5.74) is 0.483. The second-order valence-corrected chi connectivity index (χ2v) is 6.58. The van der Waals surface area contributed by atoms with Gasteiger partial charge < -0.3 is 4.79 Å². The summed E-state index contributed by atoms with van der Waals surface area (Å²) in [7, 11) is -3.81. The maximum atomic E-state index is 13.3. The van der Waals surface area contributed by atoms with Crippen molar-refractivity contribution in [1.29, 1.82) is 0 Å². The molecule has 1 fully saturated rings. The minimum atomic E-state index is -3.81. The van der Waals surface area contributed by atoms with Crippen LogP contribution in [0.15, 0.2) is 23.1 Å². The second-order valence-electron chi connectivity index (χ2n) is 4.72. The zero-order valence-corrected chi connectivity index (χ0v) is 11.5. The SMILES string of the molecule is Cc1ccc(F)cc1S(=O)(=O)N1CCCCC1C=O. The molecule has 1 unspecified atom stereocenters. The Bertz CT molecular complexity index is 586. The molecule has 104 valence electrons. The number of aryl methyl sites for hydroxylation is 1. The van der Waals surface area contributed by atoms with E-state index in [-0.39, 0.29) is 4.90 Å². The second kappa shape index (κ2) is 5.38. The van der Waals surface area contributed by atoms with Gasteiger partial charge in [-0.25, -0.2) is 12.8 Å². The first-order valence-corrected chi connectivity index (χ1v) is 7.64. The number of hydrogen-bond donors (Lipinski definition) is 0. The molecule has 1 aromatic carbocycles. The van der Waals surface area contributed by atoms with Crippen molar-refractivity contribution in [1.82, 2.24) is 4.31 Å². The third kappa shape index (κ3) is 2.69. The Balaban J connectivity index is 2.46. The van der Waals surface area contributed by atoms with Crippen LogP contribution in [0.5, 0.6) is 0 Å². The van der Waals surface area contributed by atoms with E-state index in [1.807, 2.05) is 0 Å². The summed E-state index contributed by atoms with van der Waals surface area (Å²) < 4.78 is 39.5. The van der Waals surface area contributed by atoms with E-state index in [2.05, 4.69) is 0 Å². The fourth-order valence-electron chi connectivity index (χ4n) is 2.34. The Labute approximate surface area is 112 Å². The lowest BCUT2D eigenvalue weighted by molar-refractivity contribution is -0.111. The van der Waals surface area contributed by atoms with Gasteiger partial charge in [0, 0.05) is 6.54 Å². The number of sulfonamides is 1. The predicted octanol–water partition coefficient (Wildman–Crippen LogP) is 1.88. The molecule has 1 aliphatic rings. The van der Waals surface area contributed by atoms with E-state index in [0.717, 1.165) is 18.9 Å². The quantitative estimate of drug-likeness (QED) is 0.797. The third-order valence-corrected chi connectivity index (χ3v) is 5.46. The predicted molar refractivity (Wildman–Crippen MR) is 68.7 cm³/mol. The molecule has 1 atom stereocenters. The molecular weight excluding hydrogens is 269 g/mol. The van der Waals surface area contributed by atoms with Crippen LogP contribution in [0.3, 0.4) is 0 Å². The molecule has 1 aromatic rings. The van der Waals surface area contributed by atoms with Gasteiger partial charge in [0.1, 0.15) is 12.1 Å². The zero-order chi connectivity index (χ0) is 14.0. The van der Waals surface area contributed by atoms with E-state index in [0.29, 0.717) is 24.8 Å². The van der Waals surface area contributed by atoms with Gasteiger partial charge in [-0.3, -0.25) is 0 Å². The highest BCUT2D eigenvalue weighted by molar-refractivity contribution is 7.89. The Hall–Kier alpha value is -1.27. The van der Waals surface area contributed by atoms with E-state index in [1.165, 1.54) is 16.4 Å². The highest BCUT2D eigenvalue weighted by atomic mass is 32.2. The molecule has 0 bridgehead atoms. The summed E-state index contributed by atoms with van der Waals surface area (Å²) in [6.45, 7) is 1.92. The van der Waals surface area contributed by atoms with Crippen LogP contribution in [0.1, 0.15) is 24.8 Å². The van der Waals surface area contributed by atoms with Crippen molar-refractivity contribution in [2.24, 2.45) is 0 Å². The largest absolute Gasteiger partial charge is 0.302 e. The molecule has 2 rings (SSSR count). The molecule has 0 N–H and O–H groups in total. The summed E-state index contributed by atoms with van der Waals surface area (Å²) in [6, 6.07) is 3.03. The molecule has 1 saturated heterocycles. The summed E-state index contributed by atoms with van der Waals surface area (Å²) in [5.74, 6) is -0.594. The van der Waals surface area contributed by atoms with Gasteiger partial charge in [-0.15, -0.1) is 0 Å². The highest BCUT2D eigenvalue weighted by Crippen LogP contribution is 2.26. The van der Waals surface area contributed by atoms with E-state index in [4.69, 9.17) is 0 Å². The molecule has 0 spiro atoms. The number of carbonyl (C=O) groups excluding carboxylic acids is 1. The first kappa shape index (κ1) is 14.1. The van der Waals surface area contributed by atoms with Crippen molar-refractivity contribution in [2.75, 3.05) is 6.54 Å². The first-order chi connectivity index (χ1) is 8.96. The Morgan fingerprint density at radius 1 is 1.37 bits per heavy atom. The average Bonchev–Trinajstić information content (AvgIpc) is 2.41. The molecule has 0 amide bonds. The van der Waals surface area contributed by atoms with Crippen molar-refractivity contribution in [3.8, 4) is 0 Å². The van der Waals surface area contributed by atoms with E-state index >= 15 is 0 Å². The first-order valence-electron chi connectivity index (χ1n) is 6.20. The van der Waals surface area contributed by atoms with Crippen LogP contribution in [0.4, 0.5) is 4.39 Å². The minimum absolute atomic E-state index is 0.0544. The van der Waals surface area contributed by atoms with E-state index in [9.17, 15) is 17.6 Å². The summed E-state index contributed by atoms with van der Waals surface area (Å²) in [5, 5.41) is 0. The van der Waals surface area contributed by atoms with E-state index < -0.39 is 21.9 Å². The number of piperidine rings is 1. The topological polar surface area (TPSA) is 54.5 Å². The van der Waals surface area contributed by atoms with Gasteiger partial charge in [0.2, 0.25) is 10.0 Å². The lowest BCUT2D eigenvalue weighted by Gasteiger charge is -2.31. The Morgan fingerprint density at radius 2 is 2.11 bits per heavy atom. The van der Waals surface area contributed by atoms with Crippen LogP contribution >= 0.6 is 0 Å². The fraction of sp³-hybridized carbons (Fsp3) is 0.462. The third-order valence-electron chi connectivity index (χ3n) is 3.39. The number of hydrogen-bond acceptors (Lipinski definition) is 3. The van der Waals surface area contributed by atoms with Gasteiger partial charge in [-0.1, -0.05) is 12.5 Å². The van der Waals surface area contributed by atoms with Crippen molar-refractivity contribution < 1.29 is 17.6 Å². The molecule has 1 aliphatic heterocycles. The van der Waals surface area contributed by atoms with E-state index in [1.54, 1.807) is 6.92 Å². The van der Waals surface area contributed by atoms with Crippen molar-refractivity contribution >= 4 is 16.3 Å². The standard InChI is InChI=1S/C13H16FNO3S/c1-10-5-6-11(14)8-13(10)19(17,18)15-7-3-2-4-12(15)9-16/h5-6,8-9,12H,2-4,7H2,1H3. The van der Waals surface area contributed by atoms with Crippen molar-refractivity contribution in [2.45, 2.75) is 37.1 Å². The lowest BCUT2D eigenvalue weighted by Crippen LogP contribution is -2.44. The van der Waals surface area contributed by atoms with Crippen LogP contribution in [-0.4, -0.2) is 31.6 Å². The minimum Gasteiger partial charge on any atom is -0.302 e. The summed E-state index contributed by atoms with van der Waals surface area (Å²) >= 11 is 0. The van der Waals surface area contributed by atoms with Crippen LogP contribution in [0.2, 0.25) is 0 Å². The number of halogens is 1. The highest BCUT2D eigenvalue weighted by Gasteiger charge is 2.34. The lowest BCUT2D eigenvalue weighted by atomic mass is 10.1. The van der Waals surface area contributed by atoms with Gasteiger partial charge >= 0.3 is 0 Å². The monoisotopic (exact) mass is 285 g/mol. The van der Waals surface area contributed by atoms with Gasteiger partial charge in [-0.05, 0) is 37.5 Å². The molecule has 19 heavy (non-hydrogen) atoms. The number of rotatable bonds is 3. The van der Waals surface area contributed by atoms with Gasteiger partial charge in [0.05, 0.1) is 10.9 Å². The molecule has 0 aliphatic carbocycles. The number of nitrogens with zero attached hydrogens (tertiary/aromatic N) is 1. The van der Waals surface area contributed by atoms with Crippen LogP contribution in [-0.2, 0) is 14.8 Å². The molecular formula is C13H16FNO3S. The molecule has 4 nitrogen and oxygen atoms in total. The maximum absolute atomic E-state index is 13.3. The number of aldehydes is 1. The average molecular weight is 285 g/mol. The summed E-state index contributed by atoms with van der Waals surface area (Å²) in [6.07, 6.45) is 2.73. The summed E-state index contributed by atoms with van der Waals surface area (Å²) in [4.78, 5) is 11.0. The molecule has 0 aromatic heterocycles. The van der Waals surface area contributed by atoms with Gasteiger partial charge in [0.25, 0.3) is 0 Å². The molecule has 0 radical (unpaired) electrons. The Kier molecular flexibility index (Phi) is 4.01. The number of carbonyl (C=O) groups is 1. The normalized spacial score (nSPS) is 21.3. The van der Waals surface area contributed by atoms with Crippen molar-refractivity contribution in [3.05, 3.63) is 29.6 Å². The van der Waals surface area contributed by atoms with Crippen LogP contribution in [0, 0.1) is 12.7 Å². The fourth-order valence-corrected chi connectivity index (χ4v) is 4.21. The van der Waals surface area contributed by atoms with Crippen LogP contribution < -0.4 is 0 Å². The molecule has 6 heteroatoms. The zero-order valence-electron chi connectivity index (χ0n) is 10.7. The smallest absolute Gasteiger partial charge is 0.244 e. The number of benzene rings is 1. The van der Waals surface area contributed by atoms with Crippen LogP contribution in [0.25, 0.3) is 0 Å². The Morgan fingerprint density at radius 3 is 2.79 bits per heavy atom.